The number of halogens is 3. The Kier molecular flexibility index (Phi) is 5.73. The monoisotopic (exact) mass is 442 g/mol. The normalized spacial score (nSPS) is 11.6. The summed E-state index contributed by atoms with van der Waals surface area (Å²) >= 11 is 1.20. The number of para-hydroxylation sites is 1. The Bertz CT molecular complexity index is 1300. The van der Waals surface area contributed by atoms with Gasteiger partial charge in [-0.15, -0.1) is 0 Å². The first kappa shape index (κ1) is 21.0. The van der Waals surface area contributed by atoms with Crippen molar-refractivity contribution < 1.29 is 17.9 Å². The van der Waals surface area contributed by atoms with Gasteiger partial charge in [0.15, 0.2) is 5.16 Å². The number of thioether (sulfide) groups is 1. The van der Waals surface area contributed by atoms with Crippen molar-refractivity contribution in [2.24, 2.45) is 0 Å². The molecule has 4 nitrogen and oxygen atoms in total. The van der Waals surface area contributed by atoms with Crippen LogP contribution in [0, 0.1) is 0 Å². The summed E-state index contributed by atoms with van der Waals surface area (Å²) < 4.78 is 45.8. The zero-order valence-corrected chi connectivity index (χ0v) is 17.2. The number of nitrogens with zero attached hydrogens (tertiary/aromatic N) is 2. The summed E-state index contributed by atoms with van der Waals surface area (Å²) in [4.78, 5) is 17.9. The largest absolute Gasteiger partial charge is 0.497 e. The Morgan fingerprint density at radius 2 is 1.77 bits per heavy atom. The molecule has 31 heavy (non-hydrogen) atoms. The van der Waals surface area contributed by atoms with Gasteiger partial charge in [0.2, 0.25) is 0 Å². The second-order valence-electron chi connectivity index (χ2n) is 6.74. The van der Waals surface area contributed by atoms with Crippen molar-refractivity contribution in [3.05, 3.63) is 94.3 Å². The average Bonchev–Trinajstić information content (AvgIpc) is 2.77. The third kappa shape index (κ3) is 4.44. The van der Waals surface area contributed by atoms with E-state index in [1.54, 1.807) is 54.6 Å². The van der Waals surface area contributed by atoms with E-state index in [1.807, 2.05) is 0 Å². The number of fused-ring (bicyclic) bond motifs is 1. The van der Waals surface area contributed by atoms with Crippen LogP contribution in [0.1, 0.15) is 11.1 Å². The molecule has 0 bridgehead atoms. The van der Waals surface area contributed by atoms with Gasteiger partial charge in [0.25, 0.3) is 5.56 Å². The minimum Gasteiger partial charge on any atom is -0.497 e. The molecule has 8 heteroatoms. The van der Waals surface area contributed by atoms with Crippen molar-refractivity contribution in [1.82, 2.24) is 9.55 Å². The molecule has 1 aromatic heterocycles. The van der Waals surface area contributed by atoms with Crippen LogP contribution in [0.2, 0.25) is 0 Å². The number of benzene rings is 3. The summed E-state index contributed by atoms with van der Waals surface area (Å²) in [6.07, 6.45) is -4.41. The molecule has 0 aliphatic carbocycles. The van der Waals surface area contributed by atoms with E-state index in [4.69, 9.17) is 4.74 Å². The molecule has 0 N–H and O–H groups in total. The maximum Gasteiger partial charge on any atom is 0.416 e. The Hall–Kier alpha value is -3.26. The minimum absolute atomic E-state index is 0.221. The number of aromatic nitrogens is 2. The van der Waals surface area contributed by atoms with Crippen molar-refractivity contribution >= 4 is 22.7 Å². The highest BCUT2D eigenvalue weighted by atomic mass is 32.2. The van der Waals surface area contributed by atoms with E-state index in [-0.39, 0.29) is 11.3 Å². The second-order valence-corrected chi connectivity index (χ2v) is 7.68. The predicted molar refractivity (Wildman–Crippen MR) is 115 cm³/mol. The van der Waals surface area contributed by atoms with Crippen LogP contribution in [0.5, 0.6) is 5.75 Å². The van der Waals surface area contributed by atoms with Gasteiger partial charge in [0.05, 0.1) is 29.3 Å². The molecular weight excluding hydrogens is 425 g/mol. The summed E-state index contributed by atoms with van der Waals surface area (Å²) in [5, 5.41) is 0.836. The third-order valence-corrected chi connectivity index (χ3v) is 5.69. The molecule has 0 amide bonds. The molecular formula is C23H17F3N2O2S. The van der Waals surface area contributed by atoms with Crippen LogP contribution in [0.15, 0.2) is 82.7 Å². The highest BCUT2D eigenvalue weighted by Gasteiger charge is 2.30. The lowest BCUT2D eigenvalue weighted by Crippen LogP contribution is -2.21. The summed E-state index contributed by atoms with van der Waals surface area (Å²) in [7, 11) is 1.53. The van der Waals surface area contributed by atoms with Crippen molar-refractivity contribution in [3.8, 4) is 11.4 Å². The smallest absolute Gasteiger partial charge is 0.416 e. The van der Waals surface area contributed by atoms with Crippen LogP contribution < -0.4 is 10.3 Å². The Balaban J connectivity index is 1.79. The first-order valence-electron chi connectivity index (χ1n) is 9.32. The molecule has 0 saturated heterocycles. The van der Waals surface area contributed by atoms with Crippen molar-refractivity contribution in [2.75, 3.05) is 7.11 Å². The van der Waals surface area contributed by atoms with E-state index >= 15 is 0 Å². The zero-order valence-electron chi connectivity index (χ0n) is 16.4. The molecule has 0 spiro atoms. The van der Waals surface area contributed by atoms with Crippen molar-refractivity contribution in [2.45, 2.75) is 17.1 Å². The third-order valence-electron chi connectivity index (χ3n) is 4.68. The average molecular weight is 442 g/mol. The Morgan fingerprint density at radius 1 is 1.00 bits per heavy atom. The standard InChI is InChI=1S/C23H17F3N2O2S/c1-30-18-9-5-8-17(13-18)28-21(29)19-10-2-3-11-20(19)27-22(28)31-14-15-6-4-7-16(12-15)23(24,25)26/h2-13H,14H2,1H3. The molecule has 4 rings (SSSR count). The van der Waals surface area contributed by atoms with Crippen LogP contribution in [-0.4, -0.2) is 16.7 Å². The van der Waals surface area contributed by atoms with E-state index in [0.717, 1.165) is 12.1 Å². The van der Waals surface area contributed by atoms with Gasteiger partial charge in [0.1, 0.15) is 5.75 Å². The number of ether oxygens (including phenoxy) is 1. The summed E-state index contributed by atoms with van der Waals surface area (Å²) in [6.45, 7) is 0. The number of rotatable bonds is 5. The zero-order chi connectivity index (χ0) is 22.0. The first-order chi connectivity index (χ1) is 14.9. The van der Waals surface area contributed by atoms with E-state index in [2.05, 4.69) is 4.98 Å². The quantitative estimate of drug-likeness (QED) is 0.294. The molecule has 0 aliphatic heterocycles. The van der Waals surface area contributed by atoms with Crippen molar-refractivity contribution in [1.29, 1.82) is 0 Å². The van der Waals surface area contributed by atoms with Crippen LogP contribution in [-0.2, 0) is 11.9 Å². The molecule has 0 fully saturated rings. The van der Waals surface area contributed by atoms with Gasteiger partial charge in [-0.3, -0.25) is 9.36 Å². The highest BCUT2D eigenvalue weighted by Crippen LogP contribution is 2.31. The van der Waals surface area contributed by atoms with Crippen LogP contribution in [0.4, 0.5) is 13.2 Å². The predicted octanol–water partition coefficient (Wildman–Crippen LogP) is 5.71. The lowest BCUT2D eigenvalue weighted by molar-refractivity contribution is -0.137. The van der Waals surface area contributed by atoms with E-state index in [9.17, 15) is 18.0 Å². The van der Waals surface area contributed by atoms with Crippen LogP contribution in [0.25, 0.3) is 16.6 Å². The molecule has 0 aliphatic rings. The fraction of sp³-hybridized carbons (Fsp3) is 0.130. The second kappa shape index (κ2) is 8.47. The van der Waals surface area contributed by atoms with E-state index in [1.165, 1.54) is 29.5 Å². The van der Waals surface area contributed by atoms with Gasteiger partial charge in [-0.25, -0.2) is 4.98 Å². The lowest BCUT2D eigenvalue weighted by atomic mass is 10.1. The molecule has 0 unspecified atom stereocenters. The first-order valence-corrected chi connectivity index (χ1v) is 10.3. The molecule has 0 atom stereocenters. The number of methoxy groups -OCH3 is 1. The Morgan fingerprint density at radius 3 is 2.55 bits per heavy atom. The molecule has 3 aromatic carbocycles. The topological polar surface area (TPSA) is 44.1 Å². The molecule has 0 radical (unpaired) electrons. The van der Waals surface area contributed by atoms with Gasteiger partial charge in [-0.2, -0.15) is 13.2 Å². The lowest BCUT2D eigenvalue weighted by Gasteiger charge is -2.14. The number of alkyl halides is 3. The maximum atomic E-state index is 13.3. The molecule has 0 saturated carbocycles. The van der Waals surface area contributed by atoms with Gasteiger partial charge in [-0.05, 0) is 35.9 Å². The van der Waals surface area contributed by atoms with Gasteiger partial charge < -0.3 is 4.74 Å². The van der Waals surface area contributed by atoms with Gasteiger partial charge >= 0.3 is 6.18 Å². The van der Waals surface area contributed by atoms with Crippen molar-refractivity contribution in [3.63, 3.8) is 0 Å². The Labute approximate surface area is 180 Å². The minimum atomic E-state index is -4.41. The van der Waals surface area contributed by atoms with Gasteiger partial charge in [0, 0.05) is 11.8 Å². The fourth-order valence-corrected chi connectivity index (χ4v) is 4.13. The maximum absolute atomic E-state index is 13.3. The van der Waals surface area contributed by atoms with Gasteiger partial charge in [-0.1, -0.05) is 48.2 Å². The number of hydrogen-bond donors (Lipinski definition) is 0. The van der Waals surface area contributed by atoms with E-state index < -0.39 is 11.7 Å². The van der Waals surface area contributed by atoms with Crippen LogP contribution in [0.3, 0.4) is 0 Å². The highest BCUT2D eigenvalue weighted by molar-refractivity contribution is 7.98. The molecule has 4 aromatic rings. The fourth-order valence-electron chi connectivity index (χ4n) is 3.17. The van der Waals surface area contributed by atoms with E-state index in [0.29, 0.717) is 33.1 Å². The SMILES string of the molecule is COc1cccc(-n2c(SCc3cccc(C(F)(F)F)c3)nc3ccccc3c2=O)c1. The summed E-state index contributed by atoms with van der Waals surface area (Å²) in [5.41, 5.74) is 0.611. The molecule has 1 heterocycles. The summed E-state index contributed by atoms with van der Waals surface area (Å²) in [5.74, 6) is 0.796. The summed E-state index contributed by atoms with van der Waals surface area (Å²) in [6, 6.07) is 19.1. The number of hydrogen-bond acceptors (Lipinski definition) is 4. The molecule has 158 valence electrons. The van der Waals surface area contributed by atoms with Crippen LogP contribution >= 0.6 is 11.8 Å².